The predicted molar refractivity (Wildman–Crippen MR) is 129 cm³/mol. The molecule has 2 heterocycles. The number of benzene rings is 2. The number of nitrogens with one attached hydrogen (secondary N) is 1. The van der Waals surface area contributed by atoms with Crippen molar-refractivity contribution in [2.24, 2.45) is 0 Å². The van der Waals surface area contributed by atoms with Crippen LogP contribution >= 0.6 is 22.9 Å². The van der Waals surface area contributed by atoms with Crippen molar-refractivity contribution >= 4 is 44.7 Å². The summed E-state index contributed by atoms with van der Waals surface area (Å²) in [5, 5.41) is 14.3. The van der Waals surface area contributed by atoms with Crippen LogP contribution in [0.3, 0.4) is 0 Å². The molecule has 4 rings (SSSR count). The van der Waals surface area contributed by atoms with E-state index in [4.69, 9.17) is 16.3 Å². The van der Waals surface area contributed by atoms with E-state index < -0.39 is 5.97 Å². The van der Waals surface area contributed by atoms with Gasteiger partial charge in [-0.05, 0) is 50.6 Å². The lowest BCUT2D eigenvalue weighted by Gasteiger charge is -2.36. The highest BCUT2D eigenvalue weighted by molar-refractivity contribution is 7.18. The van der Waals surface area contributed by atoms with E-state index in [1.54, 1.807) is 36.4 Å². The molecule has 3 aromatic rings. The summed E-state index contributed by atoms with van der Waals surface area (Å²) in [7, 11) is 0. The van der Waals surface area contributed by atoms with E-state index in [0.717, 1.165) is 21.4 Å². The molecule has 32 heavy (non-hydrogen) atoms. The second-order valence-electron chi connectivity index (χ2n) is 9.00. The normalized spacial score (nSPS) is 17.2. The number of aromatic carboxylic acids is 1. The zero-order valence-corrected chi connectivity index (χ0v) is 19.8. The highest BCUT2D eigenvalue weighted by atomic mass is 35.5. The summed E-state index contributed by atoms with van der Waals surface area (Å²) in [4.78, 5) is 14.2. The zero-order chi connectivity index (χ0) is 23.0. The molecule has 1 saturated heterocycles. The van der Waals surface area contributed by atoms with Crippen LogP contribution in [0.2, 0.25) is 5.02 Å². The van der Waals surface area contributed by atoms with Gasteiger partial charge in [0, 0.05) is 45.8 Å². The first kappa shape index (κ1) is 23.0. The Morgan fingerprint density at radius 3 is 2.81 bits per heavy atom. The van der Waals surface area contributed by atoms with Crippen LogP contribution in [0.1, 0.15) is 31.1 Å². The Morgan fingerprint density at radius 1 is 1.31 bits per heavy atom. The first-order valence-corrected chi connectivity index (χ1v) is 11.7. The minimum atomic E-state index is -1.04. The van der Waals surface area contributed by atoms with Gasteiger partial charge in [-0.25, -0.2) is 4.79 Å². The van der Waals surface area contributed by atoms with Gasteiger partial charge in [-0.15, -0.1) is 11.3 Å². The summed E-state index contributed by atoms with van der Waals surface area (Å²) < 4.78 is 21.4. The van der Waals surface area contributed by atoms with Crippen LogP contribution in [0.25, 0.3) is 21.2 Å². The molecule has 0 bridgehead atoms. The highest BCUT2D eigenvalue weighted by Crippen LogP contribution is 2.40. The first-order chi connectivity index (χ1) is 15.1. The summed E-state index contributed by atoms with van der Waals surface area (Å²) in [6, 6.07) is 10.3. The fourth-order valence-corrected chi connectivity index (χ4v) is 5.16. The Morgan fingerprint density at radius 2 is 2.09 bits per heavy atom. The number of thiophene rings is 1. The third-order valence-corrected chi connectivity index (χ3v) is 6.64. The highest BCUT2D eigenvalue weighted by Gasteiger charge is 2.26. The third kappa shape index (κ3) is 4.91. The standard InChI is InChI=1S/C24H26ClFN2O3S/c1-24(2,3)27-12-16-13-28(8-9-31-16)19-7-4-14(10-18(19)23(29)30)21-17-6-5-15(25)11-20(17)32-22(21)26/h4-7,10-11,16,27H,8-9,12-13H2,1-3H3,(H,29,30)/t16-/m1/s1. The summed E-state index contributed by atoms with van der Waals surface area (Å²) >= 11 is 7.05. The Balaban J connectivity index is 1.66. The Kier molecular flexibility index (Phi) is 6.45. The maximum atomic E-state index is 14.8. The molecule has 0 aliphatic carbocycles. The van der Waals surface area contributed by atoms with Crippen molar-refractivity contribution in [1.29, 1.82) is 0 Å². The Bertz CT molecular complexity index is 1160. The quantitative estimate of drug-likeness (QED) is 0.498. The van der Waals surface area contributed by atoms with E-state index in [2.05, 4.69) is 26.1 Å². The van der Waals surface area contributed by atoms with Gasteiger partial charge in [0.2, 0.25) is 0 Å². The molecule has 1 aromatic heterocycles. The number of carboxylic acids is 1. The molecular formula is C24H26ClFN2O3S. The van der Waals surface area contributed by atoms with Crippen LogP contribution in [0.15, 0.2) is 36.4 Å². The average molecular weight is 477 g/mol. The van der Waals surface area contributed by atoms with Gasteiger partial charge in [-0.2, -0.15) is 4.39 Å². The molecule has 0 unspecified atom stereocenters. The van der Waals surface area contributed by atoms with E-state index in [1.165, 1.54) is 0 Å². The number of hydrogen-bond donors (Lipinski definition) is 2. The molecular weight excluding hydrogens is 451 g/mol. The maximum Gasteiger partial charge on any atom is 0.337 e. The van der Waals surface area contributed by atoms with Gasteiger partial charge in [0.25, 0.3) is 0 Å². The van der Waals surface area contributed by atoms with Crippen LogP contribution < -0.4 is 10.2 Å². The van der Waals surface area contributed by atoms with Crippen LogP contribution in [0, 0.1) is 5.13 Å². The number of fused-ring (bicyclic) bond motifs is 1. The number of hydrogen-bond acceptors (Lipinski definition) is 5. The third-order valence-electron chi connectivity index (χ3n) is 5.46. The minimum Gasteiger partial charge on any atom is -0.478 e. The molecule has 0 saturated carbocycles. The van der Waals surface area contributed by atoms with E-state index in [-0.39, 0.29) is 22.3 Å². The van der Waals surface area contributed by atoms with Gasteiger partial charge in [-0.1, -0.05) is 23.7 Å². The monoisotopic (exact) mass is 476 g/mol. The van der Waals surface area contributed by atoms with Gasteiger partial charge in [0.15, 0.2) is 5.13 Å². The van der Waals surface area contributed by atoms with Crippen molar-refractivity contribution in [3.05, 3.63) is 52.1 Å². The van der Waals surface area contributed by atoms with E-state index in [0.29, 0.717) is 48.1 Å². The number of nitrogens with zero attached hydrogens (tertiary/aromatic N) is 1. The number of carboxylic acid groups (broad SMARTS) is 1. The number of halogens is 2. The number of morpholine rings is 1. The molecule has 1 aliphatic rings. The van der Waals surface area contributed by atoms with E-state index in [1.807, 2.05) is 4.90 Å². The van der Waals surface area contributed by atoms with Gasteiger partial charge in [0.1, 0.15) is 0 Å². The molecule has 8 heteroatoms. The van der Waals surface area contributed by atoms with E-state index in [9.17, 15) is 14.3 Å². The lowest BCUT2D eigenvalue weighted by atomic mass is 10.00. The average Bonchev–Trinajstić information content (AvgIpc) is 3.06. The van der Waals surface area contributed by atoms with Gasteiger partial charge in [-0.3, -0.25) is 0 Å². The summed E-state index contributed by atoms with van der Waals surface area (Å²) in [5.74, 6) is -1.04. The minimum absolute atomic E-state index is 0.0306. The van der Waals surface area contributed by atoms with Gasteiger partial charge >= 0.3 is 5.97 Å². The van der Waals surface area contributed by atoms with Crippen molar-refractivity contribution in [3.63, 3.8) is 0 Å². The molecule has 170 valence electrons. The van der Waals surface area contributed by atoms with Crippen LogP contribution in [0.5, 0.6) is 0 Å². The molecule has 1 fully saturated rings. The molecule has 5 nitrogen and oxygen atoms in total. The van der Waals surface area contributed by atoms with Crippen LogP contribution in [0.4, 0.5) is 10.1 Å². The topological polar surface area (TPSA) is 61.8 Å². The zero-order valence-electron chi connectivity index (χ0n) is 18.2. The number of anilines is 1. The van der Waals surface area contributed by atoms with Crippen LogP contribution in [-0.4, -0.2) is 49.0 Å². The predicted octanol–water partition coefficient (Wildman–Crippen LogP) is 5.65. The second kappa shape index (κ2) is 8.98. The smallest absolute Gasteiger partial charge is 0.337 e. The summed E-state index contributed by atoms with van der Waals surface area (Å²) in [5.41, 5.74) is 1.69. The van der Waals surface area contributed by atoms with Crippen LogP contribution in [-0.2, 0) is 4.74 Å². The number of carbonyl (C=O) groups is 1. The molecule has 2 N–H and O–H groups in total. The Labute approximate surface area is 195 Å². The summed E-state index contributed by atoms with van der Waals surface area (Å²) in [6.07, 6.45) is -0.0488. The number of ether oxygens (including phenoxy) is 1. The van der Waals surface area contributed by atoms with Crippen molar-refractivity contribution in [2.75, 3.05) is 31.1 Å². The molecule has 0 radical (unpaired) electrons. The Hall–Kier alpha value is -2.19. The largest absolute Gasteiger partial charge is 0.478 e. The lowest BCUT2D eigenvalue weighted by Crippen LogP contribution is -2.50. The van der Waals surface area contributed by atoms with Crippen molar-refractivity contribution in [3.8, 4) is 11.1 Å². The molecule has 1 aliphatic heterocycles. The lowest BCUT2D eigenvalue weighted by molar-refractivity contribution is 0.0369. The van der Waals surface area contributed by atoms with Crippen molar-refractivity contribution in [2.45, 2.75) is 32.4 Å². The van der Waals surface area contributed by atoms with Crippen molar-refractivity contribution < 1.29 is 19.0 Å². The maximum absolute atomic E-state index is 14.8. The fourth-order valence-electron chi connectivity index (χ4n) is 3.93. The molecule has 0 spiro atoms. The van der Waals surface area contributed by atoms with E-state index >= 15 is 0 Å². The first-order valence-electron chi connectivity index (χ1n) is 10.5. The molecule has 2 aromatic carbocycles. The molecule has 0 amide bonds. The molecule has 1 atom stereocenters. The van der Waals surface area contributed by atoms with Gasteiger partial charge < -0.3 is 20.1 Å². The summed E-state index contributed by atoms with van der Waals surface area (Å²) in [6.45, 7) is 8.65. The fraction of sp³-hybridized carbons (Fsp3) is 0.375. The van der Waals surface area contributed by atoms with Gasteiger partial charge in [0.05, 0.1) is 24.0 Å². The second-order valence-corrected chi connectivity index (χ2v) is 10.4. The number of rotatable bonds is 5. The SMILES string of the molecule is CC(C)(C)NC[C@@H]1CN(c2ccc(-c3c(F)sc4cc(Cl)ccc34)cc2C(=O)O)CCO1. The van der Waals surface area contributed by atoms with Crippen molar-refractivity contribution in [1.82, 2.24) is 5.32 Å².